The average molecular weight is 375 g/mol. The Morgan fingerprint density at radius 1 is 1.50 bits per heavy atom. The van der Waals surface area contributed by atoms with Crippen LogP contribution in [0.15, 0.2) is 0 Å². The number of hydrogen-bond donors (Lipinski definition) is 3. The van der Waals surface area contributed by atoms with Crippen LogP contribution in [-0.4, -0.2) is 58.4 Å². The van der Waals surface area contributed by atoms with E-state index in [4.69, 9.17) is 14.4 Å². The van der Waals surface area contributed by atoms with Gasteiger partial charge < -0.3 is 24.4 Å². The van der Waals surface area contributed by atoms with Crippen molar-refractivity contribution in [2.24, 2.45) is 0 Å². The van der Waals surface area contributed by atoms with Gasteiger partial charge >= 0.3 is 7.60 Å². The van der Waals surface area contributed by atoms with Crippen molar-refractivity contribution in [3.8, 4) is 0 Å². The molecule has 0 saturated carbocycles. The lowest BCUT2D eigenvalue weighted by Gasteiger charge is -2.32. The number of aliphatic hydroxyl groups excluding tert-OH is 2. The minimum absolute atomic E-state index is 0.0312. The maximum absolute atomic E-state index is 11.7. The fourth-order valence-electron chi connectivity index (χ4n) is 1.39. The summed E-state index contributed by atoms with van der Waals surface area (Å²) < 4.78 is 22.5. The molecule has 120 valence electrons. The van der Waals surface area contributed by atoms with Crippen LogP contribution in [0, 0.1) is 0 Å². The lowest BCUT2D eigenvalue weighted by molar-refractivity contribution is 0.00722. The average Bonchev–Trinajstić information content (AvgIpc) is 2.36. The first-order valence-corrected chi connectivity index (χ1v) is 9.22. The molecule has 0 aromatic heterocycles. The van der Waals surface area contributed by atoms with E-state index < -0.39 is 19.0 Å². The zero-order valence-electron chi connectivity index (χ0n) is 12.5. The molecule has 0 saturated heterocycles. The summed E-state index contributed by atoms with van der Waals surface area (Å²) in [6.45, 7) is 5.08. The molecule has 0 aromatic rings. The molecule has 6 nitrogen and oxygen atoms in total. The van der Waals surface area contributed by atoms with Crippen LogP contribution < -0.4 is 0 Å². The SMILES string of the molecule is B[C@H](OCCC(C)(CC)OP(=O)(O)C(C)O)[C@H](Br)CO. The van der Waals surface area contributed by atoms with Gasteiger partial charge in [0.2, 0.25) is 0 Å². The minimum atomic E-state index is -4.04. The first-order valence-electron chi connectivity index (χ1n) is 6.65. The smallest absolute Gasteiger partial charge is 0.356 e. The summed E-state index contributed by atoms with van der Waals surface area (Å²) in [4.78, 5) is 9.44. The van der Waals surface area contributed by atoms with E-state index in [0.29, 0.717) is 19.4 Å². The molecule has 0 aliphatic heterocycles. The van der Waals surface area contributed by atoms with Gasteiger partial charge in [-0.1, -0.05) is 22.9 Å². The Balaban J connectivity index is 4.43. The van der Waals surface area contributed by atoms with Crippen LogP contribution >= 0.6 is 23.5 Å². The molecule has 3 unspecified atom stereocenters. The van der Waals surface area contributed by atoms with E-state index in [2.05, 4.69) is 15.9 Å². The van der Waals surface area contributed by atoms with Crippen molar-refractivity contribution in [1.29, 1.82) is 0 Å². The molecular weight excluding hydrogens is 350 g/mol. The monoisotopic (exact) mass is 374 g/mol. The van der Waals surface area contributed by atoms with Gasteiger partial charge in [-0.05, 0) is 26.7 Å². The summed E-state index contributed by atoms with van der Waals surface area (Å²) in [7, 11) is -2.21. The zero-order chi connectivity index (χ0) is 16.0. The van der Waals surface area contributed by atoms with Crippen LogP contribution in [0.3, 0.4) is 0 Å². The van der Waals surface area contributed by atoms with Gasteiger partial charge in [0, 0.05) is 12.6 Å². The van der Waals surface area contributed by atoms with Gasteiger partial charge in [0.25, 0.3) is 0 Å². The van der Waals surface area contributed by atoms with Gasteiger partial charge in [-0.25, -0.2) is 0 Å². The van der Waals surface area contributed by atoms with Crippen LogP contribution in [-0.2, 0) is 13.8 Å². The summed E-state index contributed by atoms with van der Waals surface area (Å²) >= 11 is 3.28. The zero-order valence-corrected chi connectivity index (χ0v) is 14.9. The number of alkyl halides is 1. The summed E-state index contributed by atoms with van der Waals surface area (Å²) in [6, 6.07) is -0.182. The maximum Gasteiger partial charge on any atom is 0.356 e. The third-order valence-corrected chi connectivity index (χ3v) is 5.95. The predicted molar refractivity (Wildman–Crippen MR) is 84.0 cm³/mol. The van der Waals surface area contributed by atoms with Crippen molar-refractivity contribution in [3.63, 3.8) is 0 Å². The Morgan fingerprint density at radius 2 is 2.05 bits per heavy atom. The van der Waals surface area contributed by atoms with E-state index in [9.17, 15) is 14.6 Å². The standard InChI is InChI=1S/C11H25BBrO6P/c1-4-11(3,19-20(16,17)8(2)15)5-6-18-10(12)9(13)7-14/h8-10,14-15H,4-7,12H2,1-3H3,(H,16,17)/t8?,9-,10-,11?/m1/s1. The lowest BCUT2D eigenvalue weighted by atomic mass is 9.96. The van der Waals surface area contributed by atoms with E-state index in [1.165, 1.54) is 6.92 Å². The Labute approximate surface area is 129 Å². The molecule has 0 aromatic carbocycles. The van der Waals surface area contributed by atoms with Crippen molar-refractivity contribution >= 4 is 31.4 Å². The first-order chi connectivity index (χ1) is 9.08. The third-order valence-electron chi connectivity index (χ3n) is 3.27. The molecule has 0 radical (unpaired) electrons. The van der Waals surface area contributed by atoms with Gasteiger partial charge in [0.05, 0.1) is 17.0 Å². The van der Waals surface area contributed by atoms with E-state index in [1.807, 2.05) is 14.8 Å². The van der Waals surface area contributed by atoms with Crippen LogP contribution in [0.1, 0.15) is 33.6 Å². The second-order valence-corrected chi connectivity index (χ2v) is 8.35. The predicted octanol–water partition coefficient (Wildman–Crippen LogP) is 0.817. The van der Waals surface area contributed by atoms with E-state index in [1.54, 1.807) is 6.92 Å². The molecule has 0 rings (SSSR count). The van der Waals surface area contributed by atoms with Crippen LogP contribution in [0.25, 0.3) is 0 Å². The molecule has 0 fully saturated rings. The molecule has 0 spiro atoms. The van der Waals surface area contributed by atoms with Gasteiger partial charge in [-0.2, -0.15) is 0 Å². The van der Waals surface area contributed by atoms with Gasteiger partial charge in [-0.3, -0.25) is 4.57 Å². The highest BCUT2D eigenvalue weighted by molar-refractivity contribution is 9.09. The quantitative estimate of drug-likeness (QED) is 0.297. The molecular formula is C11H25BBrO6P. The minimum Gasteiger partial charge on any atom is -0.395 e. The first kappa shape index (κ1) is 20.6. The molecule has 9 heteroatoms. The normalized spacial score (nSPS) is 22.6. The van der Waals surface area contributed by atoms with Crippen LogP contribution in [0.4, 0.5) is 0 Å². The highest BCUT2D eigenvalue weighted by Gasteiger charge is 2.36. The Hall–Kier alpha value is 0.575. The van der Waals surface area contributed by atoms with Crippen molar-refractivity contribution in [2.75, 3.05) is 13.2 Å². The molecule has 0 aliphatic rings. The summed E-state index contributed by atoms with van der Waals surface area (Å²) in [6.07, 6.45) is 0.927. The molecule has 0 bridgehead atoms. The molecule has 0 heterocycles. The fourth-order valence-corrected chi connectivity index (χ4v) is 2.55. The summed E-state index contributed by atoms with van der Waals surface area (Å²) in [5, 5.41) is 18.2. The number of hydrogen-bond acceptors (Lipinski definition) is 5. The largest absolute Gasteiger partial charge is 0.395 e. The van der Waals surface area contributed by atoms with Crippen molar-refractivity contribution < 1.29 is 28.9 Å². The molecule has 5 atom stereocenters. The molecule has 3 N–H and O–H groups in total. The highest BCUT2D eigenvalue weighted by atomic mass is 79.9. The number of ether oxygens (including phenoxy) is 1. The van der Waals surface area contributed by atoms with Gasteiger partial charge in [-0.15, -0.1) is 0 Å². The van der Waals surface area contributed by atoms with E-state index >= 15 is 0 Å². The van der Waals surface area contributed by atoms with Gasteiger partial charge in [0.1, 0.15) is 7.85 Å². The summed E-state index contributed by atoms with van der Waals surface area (Å²) in [5.74, 6) is -1.42. The Bertz CT molecular complexity index is 332. The topological polar surface area (TPSA) is 96.2 Å². The van der Waals surface area contributed by atoms with Crippen LogP contribution in [0.5, 0.6) is 0 Å². The second kappa shape index (κ2) is 8.88. The third kappa shape index (κ3) is 7.03. The lowest BCUT2D eigenvalue weighted by Crippen LogP contribution is -2.33. The van der Waals surface area contributed by atoms with Crippen molar-refractivity contribution in [2.45, 2.75) is 55.9 Å². The second-order valence-electron chi connectivity index (χ2n) is 5.12. The highest BCUT2D eigenvalue weighted by Crippen LogP contribution is 2.51. The van der Waals surface area contributed by atoms with Crippen molar-refractivity contribution in [3.05, 3.63) is 0 Å². The van der Waals surface area contributed by atoms with Crippen LogP contribution in [0.2, 0.25) is 0 Å². The number of rotatable bonds is 10. The van der Waals surface area contributed by atoms with E-state index in [-0.39, 0.29) is 17.4 Å². The molecule has 0 aliphatic carbocycles. The van der Waals surface area contributed by atoms with Crippen molar-refractivity contribution in [1.82, 2.24) is 0 Å². The number of halogens is 1. The summed E-state index contributed by atoms with van der Waals surface area (Å²) in [5.41, 5.74) is -0.845. The van der Waals surface area contributed by atoms with Gasteiger partial charge in [0.15, 0.2) is 5.85 Å². The fraction of sp³-hybridized carbons (Fsp3) is 1.00. The maximum atomic E-state index is 11.7. The Morgan fingerprint density at radius 3 is 2.45 bits per heavy atom. The Kier molecular flexibility index (Phi) is 9.14. The van der Waals surface area contributed by atoms with E-state index in [0.717, 1.165) is 0 Å². The number of aliphatic hydroxyl groups is 2. The molecule has 20 heavy (non-hydrogen) atoms. The molecule has 0 amide bonds.